The predicted molar refractivity (Wildman–Crippen MR) is 69.6 cm³/mol. The van der Waals surface area contributed by atoms with Crippen LogP contribution in [0.4, 0.5) is 0 Å². The summed E-state index contributed by atoms with van der Waals surface area (Å²) in [6.45, 7) is 2.91. The Labute approximate surface area is 114 Å². The molecule has 0 aromatic heterocycles. The van der Waals surface area contributed by atoms with Crippen molar-refractivity contribution >= 4 is 16.2 Å². The van der Waals surface area contributed by atoms with Crippen molar-refractivity contribution < 1.29 is 23.1 Å². The summed E-state index contributed by atoms with van der Waals surface area (Å²) in [5, 5.41) is 8.62. The van der Waals surface area contributed by atoms with E-state index in [0.717, 1.165) is 0 Å². The number of carbonyl (C=O) groups is 1. The Morgan fingerprint density at radius 3 is 2.58 bits per heavy atom. The summed E-state index contributed by atoms with van der Waals surface area (Å²) >= 11 is 0. The molecule has 1 aliphatic heterocycles. The molecular weight excluding hydrogens is 272 g/mol. The molecule has 1 aliphatic rings. The van der Waals surface area contributed by atoms with Crippen molar-refractivity contribution in [3.63, 3.8) is 0 Å². The molecule has 1 rings (SSSR count). The fourth-order valence-corrected chi connectivity index (χ4v) is 3.24. The summed E-state index contributed by atoms with van der Waals surface area (Å²) in [4.78, 5) is 11.5. The van der Waals surface area contributed by atoms with Crippen molar-refractivity contribution in [2.75, 3.05) is 32.8 Å². The Kier molecular flexibility index (Phi) is 6.70. The number of aliphatic hydroxyl groups excluding tert-OH is 1. The molecule has 2 N–H and O–H groups in total. The van der Waals surface area contributed by atoms with Crippen molar-refractivity contribution in [1.29, 1.82) is 0 Å². The molecule has 0 bridgehead atoms. The first-order valence-corrected chi connectivity index (χ1v) is 7.97. The van der Waals surface area contributed by atoms with Gasteiger partial charge in [0.2, 0.25) is 0 Å². The van der Waals surface area contributed by atoms with Crippen molar-refractivity contribution in [2.45, 2.75) is 26.2 Å². The van der Waals surface area contributed by atoms with Crippen LogP contribution < -0.4 is 4.72 Å². The van der Waals surface area contributed by atoms with Gasteiger partial charge >= 0.3 is 5.97 Å². The maximum Gasteiger partial charge on any atom is 0.309 e. The van der Waals surface area contributed by atoms with Crippen LogP contribution in [0.3, 0.4) is 0 Å². The van der Waals surface area contributed by atoms with E-state index in [0.29, 0.717) is 39.0 Å². The van der Waals surface area contributed by atoms with E-state index < -0.39 is 10.2 Å². The molecule has 0 amide bonds. The number of hydrogen-bond acceptors (Lipinski definition) is 5. The van der Waals surface area contributed by atoms with Crippen LogP contribution in [0.5, 0.6) is 0 Å². The maximum atomic E-state index is 11.9. The lowest BCUT2D eigenvalue weighted by atomic mass is 9.98. The fraction of sp³-hybridized carbons (Fsp3) is 0.909. The standard InChI is InChI=1S/C11H22N2O5S/c1-2-18-11(15)10-4-7-13(8-5-10)19(16,17)12-6-3-9-14/h10,12,14H,2-9H2,1H3. The van der Waals surface area contributed by atoms with Crippen LogP contribution in [0.1, 0.15) is 26.2 Å². The lowest BCUT2D eigenvalue weighted by molar-refractivity contribution is -0.149. The van der Waals surface area contributed by atoms with Gasteiger partial charge in [-0.05, 0) is 26.2 Å². The van der Waals surface area contributed by atoms with Gasteiger partial charge in [-0.3, -0.25) is 4.79 Å². The van der Waals surface area contributed by atoms with Gasteiger partial charge in [0.15, 0.2) is 0 Å². The third-order valence-electron chi connectivity index (χ3n) is 3.03. The number of carbonyl (C=O) groups excluding carboxylic acids is 1. The Bertz CT molecular complexity index is 377. The molecule has 1 fully saturated rings. The highest BCUT2D eigenvalue weighted by atomic mass is 32.2. The molecule has 0 saturated carbocycles. The molecule has 0 aromatic carbocycles. The largest absolute Gasteiger partial charge is 0.466 e. The first kappa shape index (κ1) is 16.4. The molecule has 1 saturated heterocycles. The van der Waals surface area contributed by atoms with Crippen LogP contribution in [0, 0.1) is 5.92 Å². The number of nitrogens with one attached hydrogen (secondary N) is 1. The summed E-state index contributed by atoms with van der Waals surface area (Å²) in [5.74, 6) is -0.448. The molecule has 19 heavy (non-hydrogen) atoms. The average molecular weight is 294 g/mol. The van der Waals surface area contributed by atoms with E-state index in [4.69, 9.17) is 9.84 Å². The van der Waals surface area contributed by atoms with Gasteiger partial charge in [0, 0.05) is 26.2 Å². The van der Waals surface area contributed by atoms with E-state index in [2.05, 4.69) is 4.72 Å². The second kappa shape index (κ2) is 7.78. The predicted octanol–water partition coefficient (Wildman–Crippen LogP) is -0.522. The molecule has 112 valence electrons. The summed E-state index contributed by atoms with van der Waals surface area (Å²) < 4.78 is 32.4. The summed E-state index contributed by atoms with van der Waals surface area (Å²) in [6.07, 6.45) is 1.36. The number of nitrogens with zero attached hydrogens (tertiary/aromatic N) is 1. The van der Waals surface area contributed by atoms with Crippen molar-refractivity contribution in [1.82, 2.24) is 9.03 Å². The van der Waals surface area contributed by atoms with E-state index in [-0.39, 0.29) is 25.0 Å². The van der Waals surface area contributed by atoms with E-state index in [1.54, 1.807) is 6.92 Å². The van der Waals surface area contributed by atoms with Crippen molar-refractivity contribution in [2.24, 2.45) is 5.92 Å². The topological polar surface area (TPSA) is 95.9 Å². The normalized spacial score (nSPS) is 18.4. The second-order valence-corrected chi connectivity index (χ2v) is 6.16. The highest BCUT2D eigenvalue weighted by molar-refractivity contribution is 7.87. The van der Waals surface area contributed by atoms with Crippen LogP contribution in [0.25, 0.3) is 0 Å². The Hall–Kier alpha value is -0.700. The first-order chi connectivity index (χ1) is 9.01. The number of piperidine rings is 1. The van der Waals surface area contributed by atoms with Crippen LogP contribution in [0.2, 0.25) is 0 Å². The van der Waals surface area contributed by atoms with Crippen LogP contribution in [0.15, 0.2) is 0 Å². The van der Waals surface area contributed by atoms with Crippen LogP contribution >= 0.6 is 0 Å². The number of rotatable bonds is 7. The van der Waals surface area contributed by atoms with Crippen molar-refractivity contribution in [3.8, 4) is 0 Å². The number of aliphatic hydroxyl groups is 1. The zero-order valence-corrected chi connectivity index (χ0v) is 12.0. The monoisotopic (exact) mass is 294 g/mol. The zero-order valence-electron chi connectivity index (χ0n) is 11.2. The quantitative estimate of drug-likeness (QED) is 0.486. The maximum absolute atomic E-state index is 11.9. The van der Waals surface area contributed by atoms with Gasteiger partial charge in [-0.2, -0.15) is 12.7 Å². The Balaban J connectivity index is 2.42. The van der Waals surface area contributed by atoms with Gasteiger partial charge in [0.1, 0.15) is 0 Å². The van der Waals surface area contributed by atoms with E-state index in [1.807, 2.05) is 0 Å². The number of esters is 1. The van der Waals surface area contributed by atoms with E-state index in [1.165, 1.54) is 4.31 Å². The SMILES string of the molecule is CCOC(=O)C1CCN(S(=O)(=O)NCCCO)CC1. The third-order valence-corrected chi connectivity index (χ3v) is 4.65. The van der Waals surface area contributed by atoms with Gasteiger partial charge in [0.25, 0.3) is 10.2 Å². The van der Waals surface area contributed by atoms with Gasteiger partial charge in [0.05, 0.1) is 12.5 Å². The molecular formula is C11H22N2O5S. The fourth-order valence-electron chi connectivity index (χ4n) is 1.96. The average Bonchev–Trinajstić information content (AvgIpc) is 2.39. The molecule has 8 heteroatoms. The Morgan fingerprint density at radius 2 is 2.05 bits per heavy atom. The summed E-state index contributed by atoms with van der Waals surface area (Å²) in [5.41, 5.74) is 0. The molecule has 0 radical (unpaired) electrons. The third kappa shape index (κ3) is 5.06. The lowest BCUT2D eigenvalue weighted by Crippen LogP contribution is -2.46. The minimum Gasteiger partial charge on any atom is -0.466 e. The van der Waals surface area contributed by atoms with Gasteiger partial charge < -0.3 is 9.84 Å². The van der Waals surface area contributed by atoms with E-state index in [9.17, 15) is 13.2 Å². The molecule has 0 aromatic rings. The molecule has 0 spiro atoms. The molecule has 7 nitrogen and oxygen atoms in total. The summed E-state index contributed by atoms with van der Waals surface area (Å²) in [7, 11) is -3.50. The second-order valence-electron chi connectivity index (χ2n) is 4.40. The Morgan fingerprint density at radius 1 is 1.42 bits per heavy atom. The minimum absolute atomic E-state index is 0.0482. The zero-order chi connectivity index (χ0) is 14.3. The molecule has 0 atom stereocenters. The number of ether oxygens (including phenoxy) is 1. The molecule has 0 unspecified atom stereocenters. The molecule has 1 heterocycles. The van der Waals surface area contributed by atoms with Crippen molar-refractivity contribution in [3.05, 3.63) is 0 Å². The van der Waals surface area contributed by atoms with Crippen LogP contribution in [-0.2, 0) is 19.7 Å². The van der Waals surface area contributed by atoms with E-state index >= 15 is 0 Å². The minimum atomic E-state index is -3.50. The smallest absolute Gasteiger partial charge is 0.309 e. The van der Waals surface area contributed by atoms with Gasteiger partial charge in [-0.15, -0.1) is 0 Å². The summed E-state index contributed by atoms with van der Waals surface area (Å²) in [6, 6.07) is 0. The first-order valence-electron chi connectivity index (χ1n) is 6.53. The highest BCUT2D eigenvalue weighted by Crippen LogP contribution is 2.20. The lowest BCUT2D eigenvalue weighted by Gasteiger charge is -2.30. The highest BCUT2D eigenvalue weighted by Gasteiger charge is 2.31. The number of hydrogen-bond donors (Lipinski definition) is 2. The van der Waals surface area contributed by atoms with Crippen LogP contribution in [-0.4, -0.2) is 56.6 Å². The van der Waals surface area contributed by atoms with Gasteiger partial charge in [-0.1, -0.05) is 0 Å². The van der Waals surface area contributed by atoms with Gasteiger partial charge in [-0.25, -0.2) is 4.72 Å². The molecule has 0 aliphatic carbocycles.